The minimum Gasteiger partial charge on any atom is -0.548 e. The van der Waals surface area contributed by atoms with Gasteiger partial charge in [-0.25, -0.2) is 9.37 Å². The van der Waals surface area contributed by atoms with Crippen molar-refractivity contribution in [1.82, 2.24) is 9.36 Å². The average Bonchev–Trinajstić information content (AvgIpc) is 2.80. The highest BCUT2D eigenvalue weighted by Crippen LogP contribution is 2.17. The number of nitrogens with zero attached hydrogens (tertiary/aromatic N) is 3. The number of carboxylic acid groups (broad SMARTS) is 1. The number of carboxylic acids is 1. The molecule has 0 atom stereocenters. The van der Waals surface area contributed by atoms with E-state index in [9.17, 15) is 14.3 Å². The Morgan fingerprint density at radius 1 is 1.42 bits per heavy atom. The third-order valence-corrected chi connectivity index (χ3v) is 3.29. The summed E-state index contributed by atoms with van der Waals surface area (Å²) in [7, 11) is 1.61. The van der Waals surface area contributed by atoms with Crippen molar-refractivity contribution in [2.24, 2.45) is 0 Å². The van der Waals surface area contributed by atoms with Crippen LogP contribution in [0.4, 0.5) is 9.52 Å². The zero-order valence-electron chi connectivity index (χ0n) is 10.2. The van der Waals surface area contributed by atoms with E-state index in [-0.39, 0.29) is 12.4 Å². The number of anilines is 1. The number of halogens is 1. The van der Waals surface area contributed by atoms with Crippen molar-refractivity contribution < 1.29 is 14.3 Å². The number of aliphatic carboxylic acids is 1. The van der Waals surface area contributed by atoms with Crippen molar-refractivity contribution >= 4 is 22.6 Å². The molecule has 0 bridgehead atoms. The van der Waals surface area contributed by atoms with Crippen molar-refractivity contribution in [2.75, 3.05) is 18.5 Å². The van der Waals surface area contributed by atoms with Crippen molar-refractivity contribution in [3.63, 3.8) is 0 Å². The predicted molar refractivity (Wildman–Crippen MR) is 67.4 cm³/mol. The third kappa shape index (κ3) is 3.72. The van der Waals surface area contributed by atoms with Gasteiger partial charge < -0.3 is 14.8 Å². The van der Waals surface area contributed by atoms with E-state index in [0.717, 1.165) is 17.1 Å². The van der Waals surface area contributed by atoms with Gasteiger partial charge in [-0.15, -0.1) is 0 Å². The Kier molecular flexibility index (Phi) is 4.06. The molecule has 2 aromatic rings. The molecule has 1 aromatic heterocycles. The first-order valence-corrected chi connectivity index (χ1v) is 6.30. The van der Waals surface area contributed by atoms with Crippen LogP contribution in [-0.4, -0.2) is 28.9 Å². The molecule has 0 saturated heterocycles. The van der Waals surface area contributed by atoms with E-state index in [1.807, 2.05) is 0 Å². The Balaban J connectivity index is 2.04. The molecule has 0 aliphatic rings. The average molecular weight is 280 g/mol. The van der Waals surface area contributed by atoms with Gasteiger partial charge in [0, 0.05) is 25.0 Å². The molecule has 0 aliphatic carbocycles. The smallest absolute Gasteiger partial charge is 0.205 e. The van der Waals surface area contributed by atoms with Gasteiger partial charge in [-0.2, -0.15) is 4.37 Å². The zero-order chi connectivity index (χ0) is 13.8. The van der Waals surface area contributed by atoms with Crippen LogP contribution in [0.1, 0.15) is 11.4 Å². The highest BCUT2D eigenvalue weighted by Gasteiger charge is 2.09. The molecular formula is C12H11FN3O2S-. The largest absolute Gasteiger partial charge is 0.548 e. The Hall–Kier alpha value is -2.02. The van der Waals surface area contributed by atoms with Crippen LogP contribution < -0.4 is 10.0 Å². The van der Waals surface area contributed by atoms with Crippen LogP contribution in [0, 0.1) is 5.82 Å². The Bertz CT molecular complexity index is 571. The first-order chi connectivity index (χ1) is 9.04. The Morgan fingerprint density at radius 2 is 2.11 bits per heavy atom. The second-order valence-electron chi connectivity index (χ2n) is 4.02. The van der Waals surface area contributed by atoms with Gasteiger partial charge >= 0.3 is 0 Å². The molecule has 0 N–H and O–H groups in total. The molecule has 0 saturated carbocycles. The molecule has 1 aromatic carbocycles. The Morgan fingerprint density at radius 3 is 2.74 bits per heavy atom. The quantitative estimate of drug-likeness (QED) is 0.795. The van der Waals surface area contributed by atoms with E-state index in [1.165, 1.54) is 17.0 Å². The van der Waals surface area contributed by atoms with Crippen LogP contribution in [0.2, 0.25) is 0 Å². The van der Waals surface area contributed by atoms with E-state index in [2.05, 4.69) is 9.36 Å². The minimum atomic E-state index is -1.17. The van der Waals surface area contributed by atoms with Crippen molar-refractivity contribution in [1.29, 1.82) is 0 Å². The number of carbonyl (C=O) groups excluding carboxylic acids is 1. The van der Waals surface area contributed by atoms with E-state index in [4.69, 9.17) is 0 Å². The van der Waals surface area contributed by atoms with Crippen LogP contribution in [0.15, 0.2) is 24.3 Å². The molecule has 100 valence electrons. The summed E-state index contributed by atoms with van der Waals surface area (Å²) >= 11 is 1.12. The Labute approximate surface area is 113 Å². The molecule has 0 fully saturated rings. The van der Waals surface area contributed by atoms with Gasteiger partial charge in [0.05, 0.1) is 12.5 Å². The fourth-order valence-corrected chi connectivity index (χ4v) is 2.16. The molecule has 5 nitrogen and oxygen atoms in total. The van der Waals surface area contributed by atoms with Crippen molar-refractivity contribution in [2.45, 2.75) is 6.42 Å². The maximum atomic E-state index is 12.8. The lowest BCUT2D eigenvalue weighted by atomic mass is 10.1. The number of likely N-dealkylation sites (N-methyl/N-ethyl adjacent to an activating group) is 1. The number of rotatable bonds is 5. The van der Waals surface area contributed by atoms with Crippen LogP contribution in [-0.2, 0) is 11.2 Å². The zero-order valence-corrected chi connectivity index (χ0v) is 11.0. The fraction of sp³-hybridized carbons (Fsp3) is 0.250. The van der Waals surface area contributed by atoms with E-state index in [1.54, 1.807) is 19.2 Å². The summed E-state index contributed by atoms with van der Waals surface area (Å²) in [5.74, 6) is -0.876. The lowest BCUT2D eigenvalue weighted by Gasteiger charge is -2.14. The summed E-state index contributed by atoms with van der Waals surface area (Å²) in [5, 5.41) is 11.0. The molecule has 2 rings (SSSR count). The lowest BCUT2D eigenvalue weighted by Crippen LogP contribution is -2.35. The van der Waals surface area contributed by atoms with Crippen LogP contribution in [0.25, 0.3) is 0 Å². The van der Waals surface area contributed by atoms with E-state index < -0.39 is 5.97 Å². The van der Waals surface area contributed by atoms with Gasteiger partial charge in [-0.05, 0) is 17.7 Å². The topological polar surface area (TPSA) is 69.2 Å². The molecule has 0 amide bonds. The number of carbonyl (C=O) groups is 1. The predicted octanol–water partition coefficient (Wildman–Crippen LogP) is 0.454. The van der Waals surface area contributed by atoms with E-state index in [0.29, 0.717) is 17.4 Å². The van der Waals surface area contributed by atoms with Gasteiger partial charge in [0.25, 0.3) is 0 Å². The van der Waals surface area contributed by atoms with Crippen LogP contribution in [0.5, 0.6) is 0 Å². The molecule has 0 radical (unpaired) electrons. The summed E-state index contributed by atoms with van der Waals surface area (Å²) in [4.78, 5) is 16.2. The van der Waals surface area contributed by atoms with Crippen molar-refractivity contribution in [3.05, 3.63) is 41.5 Å². The summed E-state index contributed by atoms with van der Waals surface area (Å²) in [6.07, 6.45) is 0.482. The standard InChI is InChI=1S/C12H12FN3O2S/c1-16(7-11(17)18)12-14-10(15-19-12)6-8-2-4-9(13)5-3-8/h2-5H,6-7H2,1H3,(H,17,18)/p-1. The summed E-state index contributed by atoms with van der Waals surface area (Å²) in [6, 6.07) is 6.09. The third-order valence-electron chi connectivity index (χ3n) is 2.43. The molecule has 0 unspecified atom stereocenters. The normalized spacial score (nSPS) is 10.4. The SMILES string of the molecule is CN(CC(=O)[O-])c1nc(Cc2ccc(F)cc2)ns1. The number of hydrogen-bond acceptors (Lipinski definition) is 6. The fourth-order valence-electron chi connectivity index (χ4n) is 1.52. The summed E-state index contributed by atoms with van der Waals surface area (Å²) in [6.45, 7) is -0.231. The summed E-state index contributed by atoms with van der Waals surface area (Å²) < 4.78 is 16.9. The molecule has 1 heterocycles. The van der Waals surface area contributed by atoms with Crippen molar-refractivity contribution in [3.8, 4) is 0 Å². The number of benzene rings is 1. The molecule has 0 aliphatic heterocycles. The summed E-state index contributed by atoms with van der Waals surface area (Å²) in [5.41, 5.74) is 0.897. The molecule has 7 heteroatoms. The van der Waals surface area contributed by atoms with Gasteiger partial charge in [0.2, 0.25) is 5.13 Å². The number of hydrogen-bond donors (Lipinski definition) is 0. The van der Waals surface area contributed by atoms with Gasteiger partial charge in [-0.1, -0.05) is 12.1 Å². The maximum absolute atomic E-state index is 12.8. The first kappa shape index (κ1) is 13.4. The van der Waals surface area contributed by atoms with Crippen LogP contribution in [0.3, 0.4) is 0 Å². The van der Waals surface area contributed by atoms with Gasteiger partial charge in [-0.3, -0.25) is 0 Å². The van der Waals surface area contributed by atoms with Gasteiger partial charge in [0.15, 0.2) is 0 Å². The van der Waals surface area contributed by atoms with E-state index >= 15 is 0 Å². The maximum Gasteiger partial charge on any atom is 0.205 e. The highest BCUT2D eigenvalue weighted by molar-refractivity contribution is 7.09. The minimum absolute atomic E-state index is 0.231. The molecule has 0 spiro atoms. The molecule has 19 heavy (non-hydrogen) atoms. The lowest BCUT2D eigenvalue weighted by molar-refractivity contribution is -0.303. The second kappa shape index (κ2) is 5.75. The molecular weight excluding hydrogens is 269 g/mol. The number of aromatic nitrogens is 2. The second-order valence-corrected chi connectivity index (χ2v) is 4.75. The van der Waals surface area contributed by atoms with Gasteiger partial charge in [0.1, 0.15) is 11.6 Å². The first-order valence-electron chi connectivity index (χ1n) is 5.52. The monoisotopic (exact) mass is 280 g/mol. The van der Waals surface area contributed by atoms with Crippen LogP contribution >= 0.6 is 11.5 Å². The highest BCUT2D eigenvalue weighted by atomic mass is 32.1.